The number of ether oxygens (including phenoxy) is 2. The molecule has 1 saturated heterocycles. The molecular weight excluding hydrogens is 222 g/mol. The number of carbonyl (C=O) groups excluding carboxylic acids is 2. The molecule has 0 N–H and O–H groups in total. The number of hydrogen-bond acceptors (Lipinski definition) is 4. The van der Waals surface area contributed by atoms with Crippen LogP contribution in [-0.2, 0) is 19.1 Å². The van der Waals surface area contributed by atoms with E-state index in [9.17, 15) is 9.59 Å². The van der Waals surface area contributed by atoms with E-state index in [-0.39, 0.29) is 23.4 Å². The summed E-state index contributed by atoms with van der Waals surface area (Å²) in [6, 6.07) is 0.00547. The van der Waals surface area contributed by atoms with Gasteiger partial charge in [-0.2, -0.15) is 0 Å². The Labute approximate surface area is 100 Å². The molecule has 0 unspecified atom stereocenters. The molecule has 0 aromatic rings. The second kappa shape index (κ2) is 3.84. The first-order valence-electron chi connectivity index (χ1n) is 5.69. The molecule has 1 amide bonds. The predicted octanol–water partition coefficient (Wildman–Crippen LogP) is 0.699. The van der Waals surface area contributed by atoms with Crippen molar-refractivity contribution in [3.8, 4) is 0 Å². The van der Waals surface area contributed by atoms with Gasteiger partial charge in [-0.25, -0.2) is 4.79 Å². The van der Waals surface area contributed by atoms with E-state index in [0.29, 0.717) is 6.61 Å². The lowest BCUT2D eigenvalue weighted by molar-refractivity contribution is -0.142. The highest BCUT2D eigenvalue weighted by molar-refractivity contribution is 6.18. The fourth-order valence-electron chi connectivity index (χ4n) is 2.40. The maximum Gasteiger partial charge on any atom is 0.343 e. The van der Waals surface area contributed by atoms with Crippen LogP contribution in [0.15, 0.2) is 11.6 Å². The van der Waals surface area contributed by atoms with E-state index in [2.05, 4.69) is 4.74 Å². The van der Waals surface area contributed by atoms with Gasteiger partial charge in [-0.15, -0.1) is 0 Å². The van der Waals surface area contributed by atoms with Crippen LogP contribution in [0, 0.1) is 5.92 Å². The first-order valence-corrected chi connectivity index (χ1v) is 5.69. The fourth-order valence-corrected chi connectivity index (χ4v) is 2.40. The third kappa shape index (κ3) is 1.65. The third-order valence-electron chi connectivity index (χ3n) is 3.39. The van der Waals surface area contributed by atoms with Crippen LogP contribution in [0.1, 0.15) is 20.8 Å². The average Bonchev–Trinajstić information content (AvgIpc) is 2.73. The van der Waals surface area contributed by atoms with Gasteiger partial charge in [0, 0.05) is 0 Å². The average molecular weight is 239 g/mol. The Morgan fingerprint density at radius 2 is 2.29 bits per heavy atom. The first kappa shape index (κ1) is 12.1. The van der Waals surface area contributed by atoms with Gasteiger partial charge in [0.1, 0.15) is 5.57 Å². The summed E-state index contributed by atoms with van der Waals surface area (Å²) in [7, 11) is 1.27. The van der Waals surface area contributed by atoms with Gasteiger partial charge in [0.15, 0.2) is 5.72 Å². The molecule has 0 spiro atoms. The van der Waals surface area contributed by atoms with Gasteiger partial charge in [-0.3, -0.25) is 4.79 Å². The van der Waals surface area contributed by atoms with Gasteiger partial charge in [-0.05, 0) is 18.9 Å². The smallest absolute Gasteiger partial charge is 0.343 e. The Kier molecular flexibility index (Phi) is 2.73. The standard InChI is InChI=1S/C12H17NO4/c1-7(2)9-6-17-12(3)5-8(11(15)16-4)10(14)13(9)12/h5,7,9H,6H2,1-4H3/t9-,12+/m1/s1. The van der Waals surface area contributed by atoms with Crippen molar-refractivity contribution in [3.05, 3.63) is 11.6 Å². The molecule has 0 aliphatic carbocycles. The Bertz CT molecular complexity index is 401. The summed E-state index contributed by atoms with van der Waals surface area (Å²) in [6.45, 7) is 6.36. The maximum atomic E-state index is 12.2. The van der Waals surface area contributed by atoms with Crippen molar-refractivity contribution >= 4 is 11.9 Å². The monoisotopic (exact) mass is 239 g/mol. The van der Waals surface area contributed by atoms with Crippen LogP contribution in [0.4, 0.5) is 0 Å². The van der Waals surface area contributed by atoms with Crippen LogP contribution in [0.2, 0.25) is 0 Å². The predicted molar refractivity (Wildman–Crippen MR) is 59.9 cm³/mol. The molecule has 2 atom stereocenters. The van der Waals surface area contributed by atoms with Crippen molar-refractivity contribution < 1.29 is 19.1 Å². The highest BCUT2D eigenvalue weighted by Crippen LogP contribution is 2.39. The summed E-state index contributed by atoms with van der Waals surface area (Å²) in [6.07, 6.45) is 1.56. The summed E-state index contributed by atoms with van der Waals surface area (Å²) >= 11 is 0. The molecule has 17 heavy (non-hydrogen) atoms. The second-order valence-electron chi connectivity index (χ2n) is 4.90. The van der Waals surface area contributed by atoms with Crippen molar-refractivity contribution in [2.24, 2.45) is 5.92 Å². The first-order chi connectivity index (χ1) is 7.90. The van der Waals surface area contributed by atoms with Crippen molar-refractivity contribution in [3.63, 3.8) is 0 Å². The largest absolute Gasteiger partial charge is 0.465 e. The molecule has 94 valence electrons. The molecular formula is C12H17NO4. The van der Waals surface area contributed by atoms with Crippen LogP contribution in [0.3, 0.4) is 0 Å². The van der Waals surface area contributed by atoms with E-state index in [1.54, 1.807) is 17.9 Å². The molecule has 2 aliphatic heterocycles. The van der Waals surface area contributed by atoms with Gasteiger partial charge < -0.3 is 14.4 Å². The number of amides is 1. The molecule has 0 saturated carbocycles. The number of esters is 1. The van der Waals surface area contributed by atoms with Crippen LogP contribution in [0.25, 0.3) is 0 Å². The topological polar surface area (TPSA) is 55.8 Å². The highest BCUT2D eigenvalue weighted by Gasteiger charge is 2.53. The van der Waals surface area contributed by atoms with Gasteiger partial charge in [-0.1, -0.05) is 13.8 Å². The lowest BCUT2D eigenvalue weighted by atomic mass is 10.0. The van der Waals surface area contributed by atoms with Crippen LogP contribution in [0.5, 0.6) is 0 Å². The molecule has 0 aromatic carbocycles. The van der Waals surface area contributed by atoms with E-state index in [1.807, 2.05) is 13.8 Å². The summed E-state index contributed by atoms with van der Waals surface area (Å²) < 4.78 is 10.3. The molecule has 0 bridgehead atoms. The minimum absolute atomic E-state index is 0.00547. The quantitative estimate of drug-likeness (QED) is 0.526. The Balaban J connectivity index is 2.34. The SMILES string of the molecule is COC(=O)C1=C[C@]2(C)OC[C@H](C(C)C)N2C1=O. The van der Waals surface area contributed by atoms with Crippen molar-refractivity contribution in [1.82, 2.24) is 4.90 Å². The molecule has 2 heterocycles. The van der Waals surface area contributed by atoms with E-state index < -0.39 is 11.7 Å². The van der Waals surface area contributed by atoms with E-state index >= 15 is 0 Å². The van der Waals surface area contributed by atoms with Gasteiger partial charge >= 0.3 is 5.97 Å². The molecule has 5 heteroatoms. The molecule has 2 aliphatic rings. The fraction of sp³-hybridized carbons (Fsp3) is 0.667. The molecule has 2 rings (SSSR count). The summed E-state index contributed by atoms with van der Waals surface area (Å²) in [5.41, 5.74) is -0.726. The van der Waals surface area contributed by atoms with Gasteiger partial charge in [0.25, 0.3) is 5.91 Å². The number of hydrogen-bond donors (Lipinski definition) is 0. The van der Waals surface area contributed by atoms with E-state index in [4.69, 9.17) is 4.74 Å². The molecule has 5 nitrogen and oxygen atoms in total. The minimum atomic E-state index is -0.796. The second-order valence-corrected chi connectivity index (χ2v) is 4.90. The summed E-state index contributed by atoms with van der Waals surface area (Å²) in [5.74, 6) is -0.613. The number of fused-ring (bicyclic) bond motifs is 1. The normalized spacial score (nSPS) is 31.8. The lowest BCUT2D eigenvalue weighted by Crippen LogP contribution is -2.46. The molecule has 0 radical (unpaired) electrons. The highest BCUT2D eigenvalue weighted by atomic mass is 16.5. The summed E-state index contributed by atoms with van der Waals surface area (Å²) in [4.78, 5) is 25.3. The van der Waals surface area contributed by atoms with Crippen LogP contribution in [-0.4, -0.2) is 42.3 Å². The number of methoxy groups -OCH3 is 1. The molecule has 1 fully saturated rings. The summed E-state index contributed by atoms with van der Waals surface area (Å²) in [5, 5.41) is 0. The van der Waals surface area contributed by atoms with Crippen molar-refractivity contribution in [2.75, 3.05) is 13.7 Å². The zero-order valence-electron chi connectivity index (χ0n) is 10.5. The number of nitrogens with zero attached hydrogens (tertiary/aromatic N) is 1. The van der Waals surface area contributed by atoms with E-state index in [0.717, 1.165) is 0 Å². The zero-order chi connectivity index (χ0) is 12.8. The molecule has 0 aromatic heterocycles. The van der Waals surface area contributed by atoms with Crippen molar-refractivity contribution in [1.29, 1.82) is 0 Å². The Hall–Kier alpha value is -1.36. The third-order valence-corrected chi connectivity index (χ3v) is 3.39. The van der Waals surface area contributed by atoms with Gasteiger partial charge in [0.05, 0.1) is 19.8 Å². The number of rotatable bonds is 2. The van der Waals surface area contributed by atoms with Crippen LogP contribution < -0.4 is 0 Å². The van der Waals surface area contributed by atoms with Gasteiger partial charge in [0.2, 0.25) is 0 Å². The van der Waals surface area contributed by atoms with Crippen LogP contribution >= 0.6 is 0 Å². The Morgan fingerprint density at radius 1 is 1.65 bits per heavy atom. The van der Waals surface area contributed by atoms with E-state index in [1.165, 1.54) is 7.11 Å². The minimum Gasteiger partial charge on any atom is -0.465 e. The lowest BCUT2D eigenvalue weighted by Gasteiger charge is -2.30. The zero-order valence-corrected chi connectivity index (χ0v) is 10.5. The maximum absolute atomic E-state index is 12.2. The number of carbonyl (C=O) groups is 2. The Morgan fingerprint density at radius 3 is 2.82 bits per heavy atom. The van der Waals surface area contributed by atoms with Crippen molar-refractivity contribution in [2.45, 2.75) is 32.5 Å².